The fraction of sp³-hybridized carbons (Fsp3) is 0.455. The van der Waals surface area contributed by atoms with Gasteiger partial charge in [0.15, 0.2) is 0 Å². The first-order valence-electron chi connectivity index (χ1n) is 4.93. The molecule has 1 aromatic carbocycles. The van der Waals surface area contributed by atoms with E-state index in [1.54, 1.807) is 7.11 Å². The molecule has 14 heavy (non-hydrogen) atoms. The maximum atomic E-state index is 5.75. The van der Waals surface area contributed by atoms with Crippen LogP contribution in [0.2, 0.25) is 0 Å². The van der Waals surface area contributed by atoms with E-state index in [0.29, 0.717) is 12.5 Å². The van der Waals surface area contributed by atoms with Crippen LogP contribution in [-0.4, -0.2) is 20.2 Å². The molecule has 0 spiro atoms. The molecule has 1 heterocycles. The maximum Gasteiger partial charge on any atom is 0.122 e. The van der Waals surface area contributed by atoms with Crippen molar-refractivity contribution in [2.75, 3.05) is 20.2 Å². The topological polar surface area (TPSA) is 47.3 Å². The van der Waals surface area contributed by atoms with Gasteiger partial charge in [0.1, 0.15) is 5.75 Å². The number of fused-ring (bicyclic) bond motifs is 1. The predicted octanol–water partition coefficient (Wildman–Crippen LogP) is 0.841. The van der Waals surface area contributed by atoms with E-state index in [4.69, 9.17) is 10.5 Å². The molecule has 0 fully saturated rings. The number of benzene rings is 1. The van der Waals surface area contributed by atoms with E-state index in [-0.39, 0.29) is 0 Å². The lowest BCUT2D eigenvalue weighted by molar-refractivity contribution is 0.398. The normalized spacial score (nSPS) is 20.3. The summed E-state index contributed by atoms with van der Waals surface area (Å²) in [6, 6.07) is 6.16. The van der Waals surface area contributed by atoms with Crippen molar-refractivity contribution in [3.05, 3.63) is 29.3 Å². The first-order valence-corrected chi connectivity index (χ1v) is 4.93. The highest BCUT2D eigenvalue weighted by molar-refractivity contribution is 5.44. The van der Waals surface area contributed by atoms with Gasteiger partial charge in [-0.05, 0) is 11.6 Å². The highest BCUT2D eigenvalue weighted by Gasteiger charge is 2.21. The second-order valence-corrected chi connectivity index (χ2v) is 3.60. The number of rotatable bonds is 2. The second kappa shape index (κ2) is 3.98. The Morgan fingerprint density at radius 2 is 2.43 bits per heavy atom. The summed E-state index contributed by atoms with van der Waals surface area (Å²) in [5.74, 6) is 1.36. The minimum absolute atomic E-state index is 0.384. The lowest BCUT2D eigenvalue weighted by Gasteiger charge is -2.27. The summed E-state index contributed by atoms with van der Waals surface area (Å²) < 4.78 is 5.36. The van der Waals surface area contributed by atoms with Crippen LogP contribution >= 0.6 is 0 Å². The lowest BCUT2D eigenvalue weighted by Crippen LogP contribution is -2.32. The number of hydrogen-bond acceptors (Lipinski definition) is 3. The number of hydrogen-bond donors (Lipinski definition) is 2. The smallest absolute Gasteiger partial charge is 0.122 e. The predicted molar refractivity (Wildman–Crippen MR) is 56.5 cm³/mol. The third-order valence-corrected chi connectivity index (χ3v) is 2.78. The van der Waals surface area contributed by atoms with E-state index >= 15 is 0 Å². The van der Waals surface area contributed by atoms with Crippen molar-refractivity contribution in [1.29, 1.82) is 0 Å². The molecule has 3 heteroatoms. The summed E-state index contributed by atoms with van der Waals surface area (Å²) in [5.41, 5.74) is 8.35. The molecule has 1 aliphatic rings. The molecule has 0 bridgehead atoms. The summed E-state index contributed by atoms with van der Waals surface area (Å²) in [7, 11) is 1.71. The molecule has 0 saturated carbocycles. The SMILES string of the molecule is COc1cccc2c1C(CN)CNC2. The van der Waals surface area contributed by atoms with Crippen LogP contribution in [0, 0.1) is 0 Å². The van der Waals surface area contributed by atoms with Crippen LogP contribution in [0.5, 0.6) is 5.75 Å². The van der Waals surface area contributed by atoms with Gasteiger partial charge in [0.05, 0.1) is 7.11 Å². The number of nitrogens with one attached hydrogen (secondary N) is 1. The van der Waals surface area contributed by atoms with Gasteiger partial charge in [0, 0.05) is 31.1 Å². The van der Waals surface area contributed by atoms with Gasteiger partial charge >= 0.3 is 0 Å². The van der Waals surface area contributed by atoms with E-state index in [9.17, 15) is 0 Å². The Bertz CT molecular complexity index is 311. The largest absolute Gasteiger partial charge is 0.496 e. The Balaban J connectivity index is 2.46. The third-order valence-electron chi connectivity index (χ3n) is 2.78. The number of ether oxygens (including phenoxy) is 1. The van der Waals surface area contributed by atoms with Crippen LogP contribution in [0.15, 0.2) is 18.2 Å². The van der Waals surface area contributed by atoms with Gasteiger partial charge in [0.25, 0.3) is 0 Å². The van der Waals surface area contributed by atoms with Gasteiger partial charge in [-0.2, -0.15) is 0 Å². The molecule has 0 aromatic heterocycles. The first-order chi connectivity index (χ1) is 6.86. The van der Waals surface area contributed by atoms with E-state index in [2.05, 4.69) is 11.4 Å². The van der Waals surface area contributed by atoms with Crippen LogP contribution in [0.1, 0.15) is 17.0 Å². The number of methoxy groups -OCH3 is 1. The Hall–Kier alpha value is -1.06. The molecule has 0 amide bonds. The maximum absolute atomic E-state index is 5.75. The van der Waals surface area contributed by atoms with Crippen LogP contribution in [-0.2, 0) is 6.54 Å². The minimum atomic E-state index is 0.384. The molecule has 1 aromatic rings. The summed E-state index contributed by atoms with van der Waals surface area (Å²) in [4.78, 5) is 0. The Morgan fingerprint density at radius 1 is 1.57 bits per heavy atom. The molecule has 0 saturated heterocycles. The molecule has 1 unspecified atom stereocenters. The van der Waals surface area contributed by atoms with Gasteiger partial charge in [-0.25, -0.2) is 0 Å². The van der Waals surface area contributed by atoms with E-state index in [1.807, 2.05) is 12.1 Å². The zero-order valence-electron chi connectivity index (χ0n) is 8.42. The van der Waals surface area contributed by atoms with Crippen LogP contribution in [0.3, 0.4) is 0 Å². The number of nitrogens with two attached hydrogens (primary N) is 1. The quantitative estimate of drug-likeness (QED) is 0.730. The summed E-state index contributed by atoms with van der Waals surface area (Å²) in [5, 5.41) is 3.36. The Labute approximate surface area is 84.3 Å². The molecule has 2 rings (SSSR count). The first kappa shape index (κ1) is 9.49. The molecule has 0 radical (unpaired) electrons. The van der Waals surface area contributed by atoms with Crippen LogP contribution in [0.25, 0.3) is 0 Å². The molecule has 76 valence electrons. The third kappa shape index (κ3) is 1.49. The average molecular weight is 192 g/mol. The fourth-order valence-corrected chi connectivity index (χ4v) is 2.07. The summed E-state index contributed by atoms with van der Waals surface area (Å²) >= 11 is 0. The van der Waals surface area contributed by atoms with Gasteiger partial charge < -0.3 is 15.8 Å². The monoisotopic (exact) mass is 192 g/mol. The summed E-state index contributed by atoms with van der Waals surface area (Å²) in [6.45, 7) is 2.54. The van der Waals surface area contributed by atoms with E-state index in [0.717, 1.165) is 18.8 Å². The average Bonchev–Trinajstić information content (AvgIpc) is 2.27. The van der Waals surface area contributed by atoms with Crippen LogP contribution < -0.4 is 15.8 Å². The molecule has 1 atom stereocenters. The molecule has 3 N–H and O–H groups in total. The molecular weight excluding hydrogens is 176 g/mol. The molecule has 3 nitrogen and oxygen atoms in total. The molecular formula is C11H16N2O. The minimum Gasteiger partial charge on any atom is -0.496 e. The van der Waals surface area contributed by atoms with E-state index < -0.39 is 0 Å². The fourth-order valence-electron chi connectivity index (χ4n) is 2.07. The van der Waals surface area contributed by atoms with Gasteiger partial charge in [-0.15, -0.1) is 0 Å². The molecule has 0 aliphatic carbocycles. The van der Waals surface area contributed by atoms with E-state index in [1.165, 1.54) is 11.1 Å². The highest BCUT2D eigenvalue weighted by Crippen LogP contribution is 2.31. The Morgan fingerprint density at radius 3 is 3.14 bits per heavy atom. The van der Waals surface area contributed by atoms with Crippen molar-refractivity contribution in [2.45, 2.75) is 12.5 Å². The standard InChI is InChI=1S/C11H16N2O/c1-14-10-4-2-3-8-6-13-7-9(5-12)11(8)10/h2-4,9,13H,5-7,12H2,1H3. The zero-order valence-corrected chi connectivity index (χ0v) is 8.42. The van der Waals surface area contributed by atoms with Crippen molar-refractivity contribution < 1.29 is 4.74 Å². The molecule has 1 aliphatic heterocycles. The Kier molecular flexibility index (Phi) is 2.70. The van der Waals surface area contributed by atoms with Crippen LogP contribution in [0.4, 0.5) is 0 Å². The van der Waals surface area contributed by atoms with Crippen molar-refractivity contribution in [3.8, 4) is 5.75 Å². The van der Waals surface area contributed by atoms with Gasteiger partial charge in [0.2, 0.25) is 0 Å². The highest BCUT2D eigenvalue weighted by atomic mass is 16.5. The lowest BCUT2D eigenvalue weighted by atomic mass is 9.90. The summed E-state index contributed by atoms with van der Waals surface area (Å²) in [6.07, 6.45) is 0. The van der Waals surface area contributed by atoms with Gasteiger partial charge in [-0.3, -0.25) is 0 Å². The van der Waals surface area contributed by atoms with Crippen molar-refractivity contribution in [2.24, 2.45) is 5.73 Å². The zero-order chi connectivity index (χ0) is 9.97. The van der Waals surface area contributed by atoms with Gasteiger partial charge in [-0.1, -0.05) is 12.1 Å². The van der Waals surface area contributed by atoms with Crippen molar-refractivity contribution in [3.63, 3.8) is 0 Å². The van der Waals surface area contributed by atoms with Crippen molar-refractivity contribution in [1.82, 2.24) is 5.32 Å². The second-order valence-electron chi connectivity index (χ2n) is 3.60. The van der Waals surface area contributed by atoms with Crippen molar-refractivity contribution >= 4 is 0 Å².